The third kappa shape index (κ3) is 2.68. The van der Waals surface area contributed by atoms with Crippen molar-refractivity contribution >= 4 is 0 Å². The second-order valence-electron chi connectivity index (χ2n) is 5.01. The Bertz CT molecular complexity index is 154. The fraction of sp³-hybridized carbons (Fsp3) is 1.00. The molecule has 1 aliphatic heterocycles. The van der Waals surface area contributed by atoms with Gasteiger partial charge in [0.05, 0.1) is 0 Å². The second kappa shape index (κ2) is 4.43. The molecule has 0 spiro atoms. The van der Waals surface area contributed by atoms with Crippen molar-refractivity contribution in [2.75, 3.05) is 20.1 Å². The summed E-state index contributed by atoms with van der Waals surface area (Å²) >= 11 is 0. The lowest BCUT2D eigenvalue weighted by atomic mass is 9.95. The monoisotopic (exact) mass is 184 g/mol. The largest absolute Gasteiger partial charge is 0.311 e. The molecule has 0 aliphatic carbocycles. The van der Waals surface area contributed by atoms with E-state index in [9.17, 15) is 0 Å². The van der Waals surface area contributed by atoms with Gasteiger partial charge in [0.15, 0.2) is 0 Å². The zero-order chi connectivity index (χ0) is 10.0. The number of rotatable bonds is 2. The van der Waals surface area contributed by atoms with Gasteiger partial charge < -0.3 is 10.2 Å². The first kappa shape index (κ1) is 11.0. The van der Waals surface area contributed by atoms with E-state index in [2.05, 4.69) is 45.0 Å². The molecule has 1 saturated heterocycles. The van der Waals surface area contributed by atoms with Crippen molar-refractivity contribution in [3.05, 3.63) is 0 Å². The average Bonchev–Trinajstić information content (AvgIpc) is 2.03. The van der Waals surface area contributed by atoms with Gasteiger partial charge in [0.25, 0.3) is 0 Å². The molecule has 0 amide bonds. The van der Waals surface area contributed by atoms with Crippen LogP contribution in [0.1, 0.15) is 27.7 Å². The molecule has 2 heteroatoms. The fourth-order valence-electron chi connectivity index (χ4n) is 2.13. The van der Waals surface area contributed by atoms with Crippen LogP contribution in [0.5, 0.6) is 0 Å². The highest BCUT2D eigenvalue weighted by molar-refractivity contribution is 4.87. The maximum Gasteiger partial charge on any atom is 0.0241 e. The minimum atomic E-state index is 0.681. The van der Waals surface area contributed by atoms with Gasteiger partial charge in [-0.1, -0.05) is 27.7 Å². The van der Waals surface area contributed by atoms with Crippen molar-refractivity contribution in [3.8, 4) is 0 Å². The van der Waals surface area contributed by atoms with E-state index in [1.54, 1.807) is 0 Å². The van der Waals surface area contributed by atoms with Crippen LogP contribution in [-0.2, 0) is 0 Å². The van der Waals surface area contributed by atoms with Crippen molar-refractivity contribution < 1.29 is 0 Å². The van der Waals surface area contributed by atoms with Gasteiger partial charge in [-0.05, 0) is 18.9 Å². The molecule has 2 nitrogen and oxygen atoms in total. The standard InChI is InChI=1S/C11H24N2/c1-8(2)10-7-13(5)11(6-12-10)9(3)4/h8-12H,6-7H2,1-5H3/t10-,11-/m1/s1. The van der Waals surface area contributed by atoms with E-state index in [1.807, 2.05) is 0 Å². The summed E-state index contributed by atoms with van der Waals surface area (Å²) < 4.78 is 0. The Morgan fingerprint density at radius 3 is 2.15 bits per heavy atom. The smallest absolute Gasteiger partial charge is 0.0241 e. The summed E-state index contributed by atoms with van der Waals surface area (Å²) in [4.78, 5) is 2.51. The third-order valence-corrected chi connectivity index (χ3v) is 3.21. The Hall–Kier alpha value is -0.0800. The number of hydrogen-bond donors (Lipinski definition) is 1. The van der Waals surface area contributed by atoms with Crippen LogP contribution in [0, 0.1) is 11.8 Å². The van der Waals surface area contributed by atoms with Crippen LogP contribution in [-0.4, -0.2) is 37.1 Å². The highest BCUT2D eigenvalue weighted by Gasteiger charge is 2.28. The van der Waals surface area contributed by atoms with E-state index in [0.29, 0.717) is 6.04 Å². The van der Waals surface area contributed by atoms with Crippen LogP contribution < -0.4 is 5.32 Å². The molecule has 0 unspecified atom stereocenters. The van der Waals surface area contributed by atoms with E-state index in [1.165, 1.54) is 6.54 Å². The molecule has 0 aromatic heterocycles. The van der Waals surface area contributed by atoms with Crippen LogP contribution in [0.4, 0.5) is 0 Å². The summed E-state index contributed by atoms with van der Waals surface area (Å²) in [7, 11) is 2.25. The predicted octanol–water partition coefficient (Wildman–Crippen LogP) is 1.57. The number of nitrogens with one attached hydrogen (secondary N) is 1. The van der Waals surface area contributed by atoms with E-state index in [0.717, 1.165) is 24.4 Å². The molecular formula is C11H24N2. The van der Waals surface area contributed by atoms with E-state index in [-0.39, 0.29) is 0 Å². The van der Waals surface area contributed by atoms with Gasteiger partial charge in [0.1, 0.15) is 0 Å². The maximum atomic E-state index is 3.64. The minimum Gasteiger partial charge on any atom is -0.311 e. The highest BCUT2D eigenvalue weighted by atomic mass is 15.2. The topological polar surface area (TPSA) is 15.3 Å². The molecule has 1 aliphatic rings. The molecule has 2 atom stereocenters. The lowest BCUT2D eigenvalue weighted by molar-refractivity contribution is 0.112. The second-order valence-corrected chi connectivity index (χ2v) is 5.01. The SMILES string of the molecule is CC(C)[C@H]1CN[C@@H](C(C)C)CN1C. The Morgan fingerprint density at radius 1 is 1.15 bits per heavy atom. The molecule has 0 bridgehead atoms. The van der Waals surface area contributed by atoms with Gasteiger partial charge in [-0.25, -0.2) is 0 Å². The van der Waals surface area contributed by atoms with Crippen LogP contribution in [0.3, 0.4) is 0 Å². The number of piperazine rings is 1. The van der Waals surface area contributed by atoms with Gasteiger partial charge in [0.2, 0.25) is 0 Å². The van der Waals surface area contributed by atoms with Gasteiger partial charge >= 0.3 is 0 Å². The lowest BCUT2D eigenvalue weighted by Crippen LogP contribution is -2.58. The van der Waals surface area contributed by atoms with Crippen molar-refractivity contribution in [3.63, 3.8) is 0 Å². The lowest BCUT2D eigenvalue weighted by Gasteiger charge is -2.41. The molecule has 1 heterocycles. The molecule has 0 saturated carbocycles. The summed E-state index contributed by atoms with van der Waals surface area (Å²) in [6.07, 6.45) is 0. The summed E-state index contributed by atoms with van der Waals surface area (Å²) in [5, 5.41) is 3.64. The van der Waals surface area contributed by atoms with E-state index < -0.39 is 0 Å². The van der Waals surface area contributed by atoms with Crippen LogP contribution in [0.2, 0.25) is 0 Å². The molecule has 0 aromatic carbocycles. The average molecular weight is 184 g/mol. The highest BCUT2D eigenvalue weighted by Crippen LogP contribution is 2.16. The molecular weight excluding hydrogens is 160 g/mol. The Balaban J connectivity index is 2.46. The van der Waals surface area contributed by atoms with Crippen molar-refractivity contribution in [1.82, 2.24) is 10.2 Å². The summed E-state index contributed by atoms with van der Waals surface area (Å²) in [6.45, 7) is 11.5. The quantitative estimate of drug-likeness (QED) is 0.701. The van der Waals surface area contributed by atoms with Gasteiger partial charge in [-0.2, -0.15) is 0 Å². The van der Waals surface area contributed by atoms with E-state index in [4.69, 9.17) is 0 Å². The first-order valence-electron chi connectivity index (χ1n) is 5.46. The molecule has 78 valence electrons. The van der Waals surface area contributed by atoms with Crippen molar-refractivity contribution in [2.24, 2.45) is 11.8 Å². The zero-order valence-electron chi connectivity index (χ0n) is 9.67. The van der Waals surface area contributed by atoms with Crippen LogP contribution in [0.15, 0.2) is 0 Å². The Labute approximate surface area is 82.7 Å². The summed E-state index contributed by atoms with van der Waals surface area (Å²) in [5.41, 5.74) is 0. The normalized spacial score (nSPS) is 31.6. The van der Waals surface area contributed by atoms with Gasteiger partial charge in [-0.3, -0.25) is 0 Å². The molecule has 1 N–H and O–H groups in total. The number of hydrogen-bond acceptors (Lipinski definition) is 2. The van der Waals surface area contributed by atoms with Gasteiger partial charge in [-0.15, -0.1) is 0 Å². The minimum absolute atomic E-state index is 0.681. The molecule has 1 fully saturated rings. The van der Waals surface area contributed by atoms with Crippen LogP contribution in [0.25, 0.3) is 0 Å². The Morgan fingerprint density at radius 2 is 1.77 bits per heavy atom. The molecule has 1 rings (SSSR count). The predicted molar refractivity (Wildman–Crippen MR) is 57.9 cm³/mol. The van der Waals surface area contributed by atoms with Crippen molar-refractivity contribution in [2.45, 2.75) is 39.8 Å². The van der Waals surface area contributed by atoms with Crippen LogP contribution >= 0.6 is 0 Å². The third-order valence-electron chi connectivity index (χ3n) is 3.21. The van der Waals surface area contributed by atoms with Gasteiger partial charge in [0, 0.05) is 25.2 Å². The first-order valence-corrected chi connectivity index (χ1v) is 5.46. The molecule has 0 radical (unpaired) electrons. The summed E-state index contributed by atoms with van der Waals surface area (Å²) in [6, 6.07) is 1.40. The summed E-state index contributed by atoms with van der Waals surface area (Å²) in [5.74, 6) is 1.50. The number of likely N-dealkylation sites (N-methyl/N-ethyl adjacent to an activating group) is 1. The van der Waals surface area contributed by atoms with Crippen molar-refractivity contribution in [1.29, 1.82) is 0 Å². The fourth-order valence-corrected chi connectivity index (χ4v) is 2.13. The maximum absolute atomic E-state index is 3.64. The molecule has 13 heavy (non-hydrogen) atoms. The first-order chi connectivity index (χ1) is 6.02. The Kier molecular flexibility index (Phi) is 3.74. The van der Waals surface area contributed by atoms with E-state index >= 15 is 0 Å². The zero-order valence-corrected chi connectivity index (χ0v) is 9.67. The number of nitrogens with zero attached hydrogens (tertiary/aromatic N) is 1. The molecule has 0 aromatic rings.